The van der Waals surface area contributed by atoms with Crippen molar-refractivity contribution in [3.05, 3.63) is 41.5 Å². The van der Waals surface area contributed by atoms with E-state index in [0.717, 1.165) is 48.5 Å². The Kier molecular flexibility index (Phi) is 3.55. The van der Waals surface area contributed by atoms with Crippen molar-refractivity contribution < 1.29 is 4.79 Å². The van der Waals surface area contributed by atoms with E-state index in [-0.39, 0.29) is 11.9 Å². The van der Waals surface area contributed by atoms with Crippen molar-refractivity contribution in [1.29, 1.82) is 0 Å². The van der Waals surface area contributed by atoms with Crippen molar-refractivity contribution >= 4 is 16.9 Å². The van der Waals surface area contributed by atoms with Crippen molar-refractivity contribution in [3.8, 4) is 0 Å². The fraction of sp³-hybridized carbons (Fsp3) is 0.412. The molecule has 0 spiro atoms. The number of hydrogen-bond donors (Lipinski definition) is 1. The zero-order valence-corrected chi connectivity index (χ0v) is 13.9. The van der Waals surface area contributed by atoms with Crippen molar-refractivity contribution in [2.24, 2.45) is 0 Å². The Morgan fingerprint density at radius 2 is 2.29 bits per heavy atom. The number of carbonyl (C=O) groups is 1. The second-order valence-electron chi connectivity index (χ2n) is 6.27. The lowest BCUT2D eigenvalue weighted by Crippen LogP contribution is -2.40. The molecule has 1 unspecified atom stereocenters. The number of imidazole rings is 1. The average molecular weight is 324 g/mol. The van der Waals surface area contributed by atoms with E-state index in [9.17, 15) is 4.79 Å². The van der Waals surface area contributed by atoms with Gasteiger partial charge in [-0.3, -0.25) is 4.79 Å². The van der Waals surface area contributed by atoms with Gasteiger partial charge in [-0.2, -0.15) is 0 Å². The molecule has 1 N–H and O–H groups in total. The molecule has 7 nitrogen and oxygen atoms in total. The molecule has 0 aliphatic carbocycles. The molecule has 1 aliphatic rings. The quantitative estimate of drug-likeness (QED) is 0.795. The molecule has 7 heteroatoms. The van der Waals surface area contributed by atoms with Crippen molar-refractivity contribution in [2.75, 3.05) is 0 Å². The van der Waals surface area contributed by atoms with Gasteiger partial charge >= 0.3 is 0 Å². The Balaban J connectivity index is 1.50. The van der Waals surface area contributed by atoms with Gasteiger partial charge in [0, 0.05) is 37.3 Å². The first-order valence-electron chi connectivity index (χ1n) is 8.31. The molecular weight excluding hydrogens is 304 g/mol. The molecule has 1 aromatic carbocycles. The maximum atomic E-state index is 12.6. The number of fused-ring (bicyclic) bond motifs is 2. The summed E-state index contributed by atoms with van der Waals surface area (Å²) in [6.45, 7) is 5.55. The highest BCUT2D eigenvalue weighted by atomic mass is 16.1. The molecule has 4 rings (SSSR count). The van der Waals surface area contributed by atoms with Crippen molar-refractivity contribution in [1.82, 2.24) is 29.9 Å². The van der Waals surface area contributed by atoms with Gasteiger partial charge in [-0.1, -0.05) is 5.21 Å². The van der Waals surface area contributed by atoms with Crippen LogP contribution in [0.15, 0.2) is 24.4 Å². The van der Waals surface area contributed by atoms with Gasteiger partial charge in [-0.15, -0.1) is 5.10 Å². The molecule has 2 aromatic heterocycles. The Hall–Kier alpha value is -2.70. The Morgan fingerprint density at radius 1 is 1.42 bits per heavy atom. The molecule has 0 saturated heterocycles. The first-order valence-corrected chi connectivity index (χ1v) is 8.31. The summed E-state index contributed by atoms with van der Waals surface area (Å²) in [5, 5.41) is 11.3. The van der Waals surface area contributed by atoms with E-state index in [1.54, 1.807) is 6.07 Å². The van der Waals surface area contributed by atoms with E-state index < -0.39 is 0 Å². The third-order valence-corrected chi connectivity index (χ3v) is 4.52. The van der Waals surface area contributed by atoms with E-state index in [2.05, 4.69) is 25.2 Å². The number of aromatic nitrogens is 5. The molecule has 0 radical (unpaired) electrons. The van der Waals surface area contributed by atoms with Gasteiger partial charge in [0.25, 0.3) is 5.91 Å². The second-order valence-corrected chi connectivity index (χ2v) is 6.27. The van der Waals surface area contributed by atoms with E-state index in [4.69, 9.17) is 0 Å². The predicted molar refractivity (Wildman–Crippen MR) is 89.7 cm³/mol. The smallest absolute Gasteiger partial charge is 0.251 e. The summed E-state index contributed by atoms with van der Waals surface area (Å²) in [5.41, 5.74) is 3.35. The first kappa shape index (κ1) is 14.9. The van der Waals surface area contributed by atoms with Crippen molar-refractivity contribution in [2.45, 2.75) is 45.8 Å². The fourth-order valence-electron chi connectivity index (χ4n) is 3.32. The lowest BCUT2D eigenvalue weighted by Gasteiger charge is -2.24. The van der Waals surface area contributed by atoms with Gasteiger partial charge in [-0.05, 0) is 38.5 Å². The summed E-state index contributed by atoms with van der Waals surface area (Å²) in [5.74, 6) is 1.05. The summed E-state index contributed by atoms with van der Waals surface area (Å²) < 4.78 is 3.96. The molecule has 1 aliphatic heterocycles. The monoisotopic (exact) mass is 324 g/mol. The molecule has 1 amide bonds. The van der Waals surface area contributed by atoms with E-state index >= 15 is 0 Å². The van der Waals surface area contributed by atoms with Crippen LogP contribution >= 0.6 is 0 Å². The number of nitrogens with one attached hydrogen (secondary N) is 1. The van der Waals surface area contributed by atoms with Crippen LogP contribution in [0.3, 0.4) is 0 Å². The average Bonchev–Trinajstić information content (AvgIpc) is 3.15. The number of amides is 1. The van der Waals surface area contributed by atoms with Crippen LogP contribution in [0.5, 0.6) is 0 Å². The molecule has 0 bridgehead atoms. The van der Waals surface area contributed by atoms with Crippen molar-refractivity contribution in [3.63, 3.8) is 0 Å². The van der Waals surface area contributed by atoms with Crippen LogP contribution in [0, 0.1) is 6.92 Å². The molecule has 0 fully saturated rings. The summed E-state index contributed by atoms with van der Waals surface area (Å²) in [6.07, 6.45) is 3.85. The minimum atomic E-state index is -0.0618. The SMILES string of the molecule is CCn1nnc2cc(C(=O)NC3CCc4nc(C)cn4C3)ccc21. The lowest BCUT2D eigenvalue weighted by atomic mass is 10.1. The lowest BCUT2D eigenvalue weighted by molar-refractivity contribution is 0.0927. The molecule has 124 valence electrons. The highest BCUT2D eigenvalue weighted by Crippen LogP contribution is 2.17. The molecular formula is C17H20N6O. The summed E-state index contributed by atoms with van der Waals surface area (Å²) in [6, 6.07) is 5.68. The third kappa shape index (κ3) is 2.55. The molecule has 0 saturated carbocycles. The fourth-order valence-corrected chi connectivity index (χ4v) is 3.32. The van der Waals surface area contributed by atoms with Crippen LogP contribution in [0.2, 0.25) is 0 Å². The first-order chi connectivity index (χ1) is 11.6. The largest absolute Gasteiger partial charge is 0.347 e. The van der Waals surface area contributed by atoms with E-state index in [1.165, 1.54) is 0 Å². The van der Waals surface area contributed by atoms with Gasteiger partial charge in [0.1, 0.15) is 11.3 Å². The Labute approximate surface area is 139 Å². The van der Waals surface area contributed by atoms with Gasteiger partial charge in [0.2, 0.25) is 0 Å². The third-order valence-electron chi connectivity index (χ3n) is 4.52. The van der Waals surface area contributed by atoms with Gasteiger partial charge < -0.3 is 9.88 Å². The zero-order chi connectivity index (χ0) is 16.7. The highest BCUT2D eigenvalue weighted by molar-refractivity contribution is 5.97. The van der Waals surface area contributed by atoms with Crippen LogP contribution in [0.25, 0.3) is 11.0 Å². The van der Waals surface area contributed by atoms with E-state index in [0.29, 0.717) is 5.56 Å². The molecule has 3 heterocycles. The molecule has 24 heavy (non-hydrogen) atoms. The van der Waals surface area contributed by atoms with Gasteiger partial charge in [-0.25, -0.2) is 9.67 Å². The highest BCUT2D eigenvalue weighted by Gasteiger charge is 2.22. The van der Waals surface area contributed by atoms with Crippen LogP contribution in [-0.4, -0.2) is 36.5 Å². The predicted octanol–water partition coefficient (Wildman–Crippen LogP) is 1.70. The number of carbonyl (C=O) groups excluding carboxylic acids is 1. The summed E-state index contributed by atoms with van der Waals surface area (Å²) in [4.78, 5) is 17.1. The maximum absolute atomic E-state index is 12.6. The number of rotatable bonds is 3. The standard InChI is InChI=1S/C17H20N6O/c1-3-23-15-6-4-12(8-14(15)20-21-23)17(24)19-13-5-7-16-18-11(2)9-22(16)10-13/h4,6,8-9,13H,3,5,7,10H2,1-2H3,(H,19,24). The van der Waals surface area contributed by atoms with Gasteiger partial charge in [0.05, 0.1) is 11.2 Å². The van der Waals surface area contributed by atoms with Crippen LogP contribution < -0.4 is 5.32 Å². The number of benzene rings is 1. The number of nitrogens with zero attached hydrogens (tertiary/aromatic N) is 5. The van der Waals surface area contributed by atoms with E-state index in [1.807, 2.05) is 36.9 Å². The normalized spacial score (nSPS) is 17.0. The Bertz CT molecular complexity index is 909. The van der Waals surface area contributed by atoms with Crippen LogP contribution in [0.1, 0.15) is 35.2 Å². The Morgan fingerprint density at radius 3 is 3.12 bits per heavy atom. The minimum Gasteiger partial charge on any atom is -0.347 e. The summed E-state index contributed by atoms with van der Waals surface area (Å²) >= 11 is 0. The van der Waals surface area contributed by atoms with Crippen LogP contribution in [0.4, 0.5) is 0 Å². The van der Waals surface area contributed by atoms with Gasteiger partial charge in [0.15, 0.2) is 0 Å². The summed E-state index contributed by atoms with van der Waals surface area (Å²) in [7, 11) is 0. The minimum absolute atomic E-state index is 0.0618. The molecule has 1 atom stereocenters. The molecule has 3 aromatic rings. The topological polar surface area (TPSA) is 77.6 Å². The number of hydrogen-bond acceptors (Lipinski definition) is 4. The zero-order valence-electron chi connectivity index (χ0n) is 13.9. The second kappa shape index (κ2) is 5.74. The van der Waals surface area contributed by atoms with Crippen LogP contribution in [-0.2, 0) is 19.5 Å². The number of aryl methyl sites for hydroxylation is 3. The maximum Gasteiger partial charge on any atom is 0.251 e.